The van der Waals surface area contributed by atoms with Crippen molar-refractivity contribution in [3.05, 3.63) is 24.0 Å². The molecule has 2 aromatic heterocycles. The molecule has 0 bridgehead atoms. The average Bonchev–Trinajstić information content (AvgIpc) is 2.44. The van der Waals surface area contributed by atoms with Crippen LogP contribution >= 0.6 is 0 Å². The van der Waals surface area contributed by atoms with Crippen molar-refractivity contribution < 1.29 is 5.11 Å². The molecule has 0 aliphatic carbocycles. The molecule has 0 saturated heterocycles. The van der Waals surface area contributed by atoms with E-state index < -0.39 is 0 Å². The van der Waals surface area contributed by atoms with Gasteiger partial charge in [-0.25, -0.2) is 9.50 Å². The molecule has 0 fully saturated rings. The highest BCUT2D eigenvalue weighted by atomic mass is 16.2. The molecule has 13 heavy (non-hydrogen) atoms. The monoisotopic (exact) mass is 178 g/mol. The second kappa shape index (κ2) is 3.02. The van der Waals surface area contributed by atoms with Crippen molar-refractivity contribution in [3.63, 3.8) is 0 Å². The normalized spacial score (nSPS) is 10.8. The van der Waals surface area contributed by atoms with Gasteiger partial charge in [0.1, 0.15) is 5.82 Å². The van der Waals surface area contributed by atoms with E-state index in [1.807, 2.05) is 6.20 Å². The molecule has 0 saturated carbocycles. The molecule has 0 unspecified atom stereocenters. The first kappa shape index (κ1) is 8.00. The van der Waals surface area contributed by atoms with Gasteiger partial charge in [-0.2, -0.15) is 0 Å². The summed E-state index contributed by atoms with van der Waals surface area (Å²) in [5, 5.41) is 12.7. The first-order chi connectivity index (χ1) is 6.29. The van der Waals surface area contributed by atoms with Gasteiger partial charge in [0.25, 0.3) is 0 Å². The lowest BCUT2D eigenvalue weighted by atomic mass is 10.2. The predicted molar refractivity (Wildman–Crippen MR) is 48.2 cm³/mol. The summed E-state index contributed by atoms with van der Waals surface area (Å²) < 4.78 is 1.61. The Morgan fingerprint density at radius 3 is 3.15 bits per heavy atom. The van der Waals surface area contributed by atoms with Crippen LogP contribution in [0.5, 0.6) is 0 Å². The summed E-state index contributed by atoms with van der Waals surface area (Å²) in [4.78, 5) is 4.13. The lowest BCUT2D eigenvalue weighted by Crippen LogP contribution is -1.97. The predicted octanol–water partition coefficient (Wildman–Crippen LogP) is -0.154. The lowest BCUT2D eigenvalue weighted by molar-refractivity contribution is 0.299. The number of nitrogens with two attached hydrogens (primary N) is 1. The van der Waals surface area contributed by atoms with Crippen LogP contribution in [0.1, 0.15) is 5.56 Å². The molecule has 0 radical (unpaired) electrons. The van der Waals surface area contributed by atoms with Crippen LogP contribution in [0, 0.1) is 0 Å². The van der Waals surface area contributed by atoms with E-state index in [0.717, 1.165) is 11.2 Å². The van der Waals surface area contributed by atoms with E-state index in [0.29, 0.717) is 12.2 Å². The van der Waals surface area contributed by atoms with Crippen LogP contribution in [0.25, 0.3) is 5.65 Å². The number of aliphatic hydroxyl groups excluding tert-OH is 1. The van der Waals surface area contributed by atoms with Crippen molar-refractivity contribution in [2.45, 2.75) is 6.42 Å². The minimum absolute atomic E-state index is 0.115. The third kappa shape index (κ3) is 1.46. The largest absolute Gasteiger partial charge is 0.396 e. The molecule has 0 aliphatic rings. The fraction of sp³-hybridized carbons (Fsp3) is 0.250. The van der Waals surface area contributed by atoms with Gasteiger partial charge in [0.15, 0.2) is 5.65 Å². The summed E-state index contributed by atoms with van der Waals surface area (Å²) in [5.74, 6) is 0.452. The second-order valence-corrected chi connectivity index (χ2v) is 2.81. The molecule has 2 aromatic rings. The number of rotatable bonds is 2. The van der Waals surface area contributed by atoms with Crippen LogP contribution < -0.4 is 5.73 Å². The maximum atomic E-state index is 8.71. The van der Waals surface area contributed by atoms with Crippen molar-refractivity contribution in [2.75, 3.05) is 12.3 Å². The third-order valence-electron chi connectivity index (χ3n) is 1.79. The standard InChI is InChI=1S/C8H10N4O/c9-7-3-8-10-4-6(1-2-13)5-12(8)11-7/h3-5,13H,1-2H2,(H2,9,11). The maximum absolute atomic E-state index is 8.71. The molecule has 3 N–H and O–H groups in total. The van der Waals surface area contributed by atoms with E-state index in [-0.39, 0.29) is 6.61 Å². The quantitative estimate of drug-likeness (QED) is 0.670. The molecule has 0 atom stereocenters. The van der Waals surface area contributed by atoms with Crippen LogP contribution in [0.2, 0.25) is 0 Å². The molecule has 0 spiro atoms. The highest BCUT2D eigenvalue weighted by Crippen LogP contribution is 2.06. The number of hydrogen-bond acceptors (Lipinski definition) is 4. The molecule has 68 valence electrons. The summed E-state index contributed by atoms with van der Waals surface area (Å²) in [6.45, 7) is 0.115. The Morgan fingerprint density at radius 2 is 2.38 bits per heavy atom. The summed E-state index contributed by atoms with van der Waals surface area (Å²) in [7, 11) is 0. The first-order valence-corrected chi connectivity index (χ1v) is 4.00. The third-order valence-corrected chi connectivity index (χ3v) is 1.79. The van der Waals surface area contributed by atoms with Crippen molar-refractivity contribution in [2.24, 2.45) is 0 Å². The van der Waals surface area contributed by atoms with E-state index in [4.69, 9.17) is 10.8 Å². The van der Waals surface area contributed by atoms with Gasteiger partial charge < -0.3 is 10.8 Å². The number of nitrogen functional groups attached to an aromatic ring is 1. The van der Waals surface area contributed by atoms with Crippen LogP contribution in [0.4, 0.5) is 5.82 Å². The Labute approximate surface area is 74.8 Å². The van der Waals surface area contributed by atoms with Gasteiger partial charge in [-0.3, -0.25) is 0 Å². The van der Waals surface area contributed by atoms with E-state index in [2.05, 4.69) is 10.1 Å². The van der Waals surface area contributed by atoms with Gasteiger partial charge in [-0.15, -0.1) is 5.10 Å². The number of fused-ring (bicyclic) bond motifs is 1. The molecular weight excluding hydrogens is 168 g/mol. The Balaban J connectivity index is 2.48. The van der Waals surface area contributed by atoms with Crippen LogP contribution in [0.3, 0.4) is 0 Å². The number of aliphatic hydroxyl groups is 1. The smallest absolute Gasteiger partial charge is 0.157 e. The van der Waals surface area contributed by atoms with Crippen molar-refractivity contribution >= 4 is 11.5 Å². The summed E-state index contributed by atoms with van der Waals surface area (Å²) in [6, 6.07) is 1.70. The van der Waals surface area contributed by atoms with Gasteiger partial charge in [-0.1, -0.05) is 0 Å². The SMILES string of the molecule is Nc1cc2ncc(CCO)cn2n1. The minimum atomic E-state index is 0.115. The molecule has 2 rings (SSSR count). The topological polar surface area (TPSA) is 76.4 Å². The molecule has 0 aromatic carbocycles. The maximum Gasteiger partial charge on any atom is 0.157 e. The van der Waals surface area contributed by atoms with Gasteiger partial charge in [0.2, 0.25) is 0 Å². The second-order valence-electron chi connectivity index (χ2n) is 2.81. The average molecular weight is 178 g/mol. The zero-order valence-corrected chi connectivity index (χ0v) is 7.01. The lowest BCUT2D eigenvalue weighted by Gasteiger charge is -1.97. The number of anilines is 1. The molecular formula is C8H10N4O. The summed E-state index contributed by atoms with van der Waals surface area (Å²) >= 11 is 0. The fourth-order valence-corrected chi connectivity index (χ4v) is 1.19. The van der Waals surface area contributed by atoms with E-state index in [1.54, 1.807) is 16.8 Å². The molecule has 0 amide bonds. The van der Waals surface area contributed by atoms with Crippen LogP contribution in [-0.2, 0) is 6.42 Å². The van der Waals surface area contributed by atoms with Crippen molar-refractivity contribution in [1.29, 1.82) is 0 Å². The fourth-order valence-electron chi connectivity index (χ4n) is 1.19. The van der Waals surface area contributed by atoms with E-state index >= 15 is 0 Å². The zero-order chi connectivity index (χ0) is 9.26. The van der Waals surface area contributed by atoms with E-state index in [9.17, 15) is 0 Å². The van der Waals surface area contributed by atoms with Crippen LogP contribution in [0.15, 0.2) is 18.5 Å². The first-order valence-electron chi connectivity index (χ1n) is 4.00. The molecule has 5 heteroatoms. The Hall–Kier alpha value is -1.62. The minimum Gasteiger partial charge on any atom is -0.396 e. The van der Waals surface area contributed by atoms with Crippen LogP contribution in [-0.4, -0.2) is 26.3 Å². The molecule has 5 nitrogen and oxygen atoms in total. The summed E-state index contributed by atoms with van der Waals surface area (Å²) in [6.07, 6.45) is 4.12. The Morgan fingerprint density at radius 1 is 1.54 bits per heavy atom. The number of hydrogen-bond donors (Lipinski definition) is 2. The Kier molecular flexibility index (Phi) is 1.86. The highest BCUT2D eigenvalue weighted by molar-refractivity contribution is 5.47. The van der Waals surface area contributed by atoms with Crippen molar-refractivity contribution in [1.82, 2.24) is 14.6 Å². The highest BCUT2D eigenvalue weighted by Gasteiger charge is 1.99. The molecule has 0 aliphatic heterocycles. The Bertz CT molecular complexity index is 423. The number of aromatic nitrogens is 3. The zero-order valence-electron chi connectivity index (χ0n) is 7.01. The van der Waals surface area contributed by atoms with Gasteiger partial charge >= 0.3 is 0 Å². The van der Waals surface area contributed by atoms with E-state index in [1.165, 1.54) is 0 Å². The van der Waals surface area contributed by atoms with Gasteiger partial charge in [0, 0.05) is 25.1 Å². The van der Waals surface area contributed by atoms with Gasteiger partial charge in [-0.05, 0) is 12.0 Å². The van der Waals surface area contributed by atoms with Crippen molar-refractivity contribution in [3.8, 4) is 0 Å². The molecule has 2 heterocycles. The summed E-state index contributed by atoms with van der Waals surface area (Å²) in [5.41, 5.74) is 7.16. The number of nitrogens with zero attached hydrogens (tertiary/aromatic N) is 3. The van der Waals surface area contributed by atoms with Gasteiger partial charge in [0.05, 0.1) is 0 Å².